The number of nitrogens with zero attached hydrogens (tertiary/aromatic N) is 1. The Bertz CT molecular complexity index is 349. The molecule has 15 heavy (non-hydrogen) atoms. The van der Waals surface area contributed by atoms with Crippen LogP contribution in [0.25, 0.3) is 0 Å². The van der Waals surface area contributed by atoms with Crippen LogP contribution in [0.2, 0.25) is 0 Å². The molecule has 0 N–H and O–H groups in total. The van der Waals surface area contributed by atoms with E-state index in [0.717, 1.165) is 12.0 Å². The van der Waals surface area contributed by atoms with Crippen molar-refractivity contribution >= 4 is 27.3 Å². The van der Waals surface area contributed by atoms with Crippen LogP contribution < -0.4 is 0 Å². The number of thiophene rings is 1. The quantitative estimate of drug-likeness (QED) is 0.797. The summed E-state index contributed by atoms with van der Waals surface area (Å²) < 4.78 is 1.26. The summed E-state index contributed by atoms with van der Waals surface area (Å²) in [5, 5.41) is 0. The number of hydrogen-bond donors (Lipinski definition) is 0. The van der Waals surface area contributed by atoms with Gasteiger partial charge in [0.1, 0.15) is 0 Å². The van der Waals surface area contributed by atoms with E-state index in [1.165, 1.54) is 47.4 Å². The lowest BCUT2D eigenvalue weighted by Gasteiger charge is -2.22. The van der Waals surface area contributed by atoms with Gasteiger partial charge in [0, 0.05) is 17.5 Å². The van der Waals surface area contributed by atoms with Crippen LogP contribution in [0, 0.1) is 5.92 Å². The van der Waals surface area contributed by atoms with Crippen molar-refractivity contribution in [3.05, 3.63) is 20.8 Å². The van der Waals surface area contributed by atoms with Gasteiger partial charge >= 0.3 is 0 Å². The van der Waals surface area contributed by atoms with Crippen molar-refractivity contribution in [3.63, 3.8) is 0 Å². The lowest BCUT2D eigenvalue weighted by molar-refractivity contribution is 0.235. The van der Waals surface area contributed by atoms with Crippen molar-refractivity contribution in [2.45, 2.75) is 38.3 Å². The molecule has 1 saturated carbocycles. The zero-order chi connectivity index (χ0) is 10.3. The molecule has 3 heteroatoms. The number of rotatable bonds is 2. The van der Waals surface area contributed by atoms with Gasteiger partial charge in [-0.15, -0.1) is 11.3 Å². The van der Waals surface area contributed by atoms with Gasteiger partial charge in [-0.2, -0.15) is 0 Å². The minimum atomic E-state index is 0.908. The highest BCUT2D eigenvalue weighted by Crippen LogP contribution is 2.39. The normalized spacial score (nSPS) is 31.0. The average Bonchev–Trinajstić information content (AvgIpc) is 2.85. The zero-order valence-corrected chi connectivity index (χ0v) is 11.2. The summed E-state index contributed by atoms with van der Waals surface area (Å²) in [6.07, 6.45) is 5.82. The maximum atomic E-state index is 3.54. The van der Waals surface area contributed by atoms with Gasteiger partial charge in [-0.05, 0) is 59.8 Å². The number of hydrogen-bond acceptors (Lipinski definition) is 2. The van der Waals surface area contributed by atoms with Gasteiger partial charge in [0.2, 0.25) is 0 Å². The van der Waals surface area contributed by atoms with Crippen LogP contribution in [-0.4, -0.2) is 17.5 Å². The fourth-order valence-corrected chi connectivity index (χ4v) is 4.67. The smallest absolute Gasteiger partial charge is 0.0701 e. The Labute approximate surface area is 104 Å². The number of fused-ring (bicyclic) bond motifs is 1. The highest BCUT2D eigenvalue weighted by molar-refractivity contribution is 9.11. The second kappa shape index (κ2) is 4.19. The highest BCUT2D eigenvalue weighted by atomic mass is 79.9. The van der Waals surface area contributed by atoms with Crippen LogP contribution in [0.1, 0.15) is 30.6 Å². The van der Waals surface area contributed by atoms with Crippen LogP contribution >= 0.6 is 27.3 Å². The first-order valence-electron chi connectivity index (χ1n) is 5.81. The molecule has 0 spiro atoms. The highest BCUT2D eigenvalue weighted by Gasteiger charge is 2.37. The summed E-state index contributed by atoms with van der Waals surface area (Å²) >= 11 is 5.42. The molecule has 0 aromatic carbocycles. The fourth-order valence-electron chi connectivity index (χ4n) is 3.17. The third kappa shape index (κ3) is 2.02. The van der Waals surface area contributed by atoms with Crippen LogP contribution in [0.15, 0.2) is 15.9 Å². The lowest BCUT2D eigenvalue weighted by atomic mass is 10.0. The summed E-state index contributed by atoms with van der Waals surface area (Å²) in [5.74, 6) is 1.02. The van der Waals surface area contributed by atoms with Gasteiger partial charge in [0.05, 0.1) is 3.79 Å². The van der Waals surface area contributed by atoms with Crippen molar-refractivity contribution < 1.29 is 0 Å². The topological polar surface area (TPSA) is 3.24 Å². The summed E-state index contributed by atoms with van der Waals surface area (Å²) in [7, 11) is 0. The Morgan fingerprint density at radius 3 is 3.07 bits per heavy atom. The second-order valence-electron chi connectivity index (χ2n) is 4.72. The van der Waals surface area contributed by atoms with E-state index in [-0.39, 0.29) is 0 Å². The third-order valence-corrected chi connectivity index (χ3v) is 5.47. The molecule has 2 heterocycles. The van der Waals surface area contributed by atoms with Gasteiger partial charge in [-0.3, -0.25) is 4.90 Å². The zero-order valence-electron chi connectivity index (χ0n) is 8.79. The molecule has 82 valence electrons. The van der Waals surface area contributed by atoms with E-state index in [1.807, 2.05) is 11.3 Å². The molecule has 1 saturated heterocycles. The second-order valence-corrected chi connectivity index (χ2v) is 7.27. The van der Waals surface area contributed by atoms with Crippen LogP contribution in [0.3, 0.4) is 0 Å². The monoisotopic (exact) mass is 285 g/mol. The molecule has 1 aliphatic heterocycles. The maximum absolute atomic E-state index is 3.54. The van der Waals surface area contributed by atoms with E-state index < -0.39 is 0 Å². The molecule has 0 bridgehead atoms. The van der Waals surface area contributed by atoms with Crippen molar-refractivity contribution in [1.29, 1.82) is 0 Å². The molecule has 2 unspecified atom stereocenters. The Morgan fingerprint density at radius 1 is 1.33 bits per heavy atom. The Balaban J connectivity index is 1.68. The number of likely N-dealkylation sites (tertiary alicyclic amines) is 1. The van der Waals surface area contributed by atoms with E-state index in [4.69, 9.17) is 0 Å². The molecule has 0 amide bonds. The van der Waals surface area contributed by atoms with Crippen molar-refractivity contribution in [1.82, 2.24) is 4.90 Å². The summed E-state index contributed by atoms with van der Waals surface area (Å²) in [6.45, 7) is 2.50. The summed E-state index contributed by atoms with van der Waals surface area (Å²) in [4.78, 5) is 4.21. The molecule has 0 radical (unpaired) electrons. The summed E-state index contributed by atoms with van der Waals surface area (Å²) in [6, 6.07) is 5.34. The minimum absolute atomic E-state index is 0.908. The van der Waals surface area contributed by atoms with Gasteiger partial charge < -0.3 is 0 Å². The first-order chi connectivity index (χ1) is 7.33. The van der Waals surface area contributed by atoms with E-state index in [2.05, 4.69) is 33.0 Å². The van der Waals surface area contributed by atoms with Gasteiger partial charge in [-0.1, -0.05) is 6.42 Å². The molecule has 1 aromatic heterocycles. The molecule has 1 nitrogen and oxygen atoms in total. The molecule has 1 aliphatic carbocycles. The summed E-state index contributed by atoms with van der Waals surface area (Å²) in [5.41, 5.74) is 0. The van der Waals surface area contributed by atoms with Crippen molar-refractivity contribution in [3.8, 4) is 0 Å². The fraction of sp³-hybridized carbons (Fsp3) is 0.667. The first kappa shape index (κ1) is 10.3. The first-order valence-corrected chi connectivity index (χ1v) is 7.42. The molecule has 1 aromatic rings. The molecule has 2 aliphatic rings. The predicted molar refractivity (Wildman–Crippen MR) is 68.2 cm³/mol. The van der Waals surface area contributed by atoms with E-state index in [0.29, 0.717) is 0 Å². The number of halogens is 1. The molecular formula is C12H16BrNS. The standard InChI is InChI=1S/C12H16BrNS/c13-12-5-4-10(15-12)8-14-7-6-9-2-1-3-11(9)14/h4-5,9,11H,1-3,6-8H2. The SMILES string of the molecule is Brc1ccc(CN2CCC3CCCC32)s1. The molecular weight excluding hydrogens is 270 g/mol. The van der Waals surface area contributed by atoms with Gasteiger partial charge in [0.15, 0.2) is 0 Å². The average molecular weight is 286 g/mol. The Morgan fingerprint density at radius 2 is 2.27 bits per heavy atom. The minimum Gasteiger partial charge on any atom is -0.295 e. The third-order valence-electron chi connectivity index (χ3n) is 3.86. The van der Waals surface area contributed by atoms with Gasteiger partial charge in [-0.25, -0.2) is 0 Å². The van der Waals surface area contributed by atoms with E-state index >= 15 is 0 Å². The maximum Gasteiger partial charge on any atom is 0.0701 e. The van der Waals surface area contributed by atoms with Crippen LogP contribution in [-0.2, 0) is 6.54 Å². The Hall–Kier alpha value is 0.140. The lowest BCUT2D eigenvalue weighted by Crippen LogP contribution is -2.29. The van der Waals surface area contributed by atoms with Crippen molar-refractivity contribution in [2.24, 2.45) is 5.92 Å². The molecule has 2 fully saturated rings. The molecule has 3 rings (SSSR count). The molecule has 2 atom stereocenters. The largest absolute Gasteiger partial charge is 0.295 e. The van der Waals surface area contributed by atoms with E-state index in [9.17, 15) is 0 Å². The van der Waals surface area contributed by atoms with Crippen LogP contribution in [0.4, 0.5) is 0 Å². The Kier molecular flexibility index (Phi) is 2.88. The van der Waals surface area contributed by atoms with E-state index in [1.54, 1.807) is 0 Å². The van der Waals surface area contributed by atoms with Gasteiger partial charge in [0.25, 0.3) is 0 Å². The van der Waals surface area contributed by atoms with Crippen molar-refractivity contribution in [2.75, 3.05) is 6.54 Å². The van der Waals surface area contributed by atoms with Crippen LogP contribution in [0.5, 0.6) is 0 Å². The predicted octanol–water partition coefficient (Wildman–Crippen LogP) is 3.89.